The molecule has 16 heteroatoms. The Morgan fingerprint density at radius 3 is 2.71 bits per heavy atom. The monoisotopic (exact) mass is 630 g/mol. The van der Waals surface area contributed by atoms with Crippen molar-refractivity contribution in [3.05, 3.63) is 78.3 Å². The van der Waals surface area contributed by atoms with Gasteiger partial charge in [-0.3, -0.25) is 14.2 Å². The van der Waals surface area contributed by atoms with Gasteiger partial charge in [-0.1, -0.05) is 23.7 Å². The summed E-state index contributed by atoms with van der Waals surface area (Å²) in [6.07, 6.45) is 6.09. The minimum absolute atomic E-state index is 0.0307. The number of hydrogen-bond donors (Lipinski definition) is 3. The van der Waals surface area contributed by atoms with Crippen LogP contribution in [-0.2, 0) is 14.6 Å². The van der Waals surface area contributed by atoms with Crippen LogP contribution >= 0.6 is 19.4 Å². The van der Waals surface area contributed by atoms with Crippen molar-refractivity contribution >= 4 is 41.2 Å². The molecule has 4 heterocycles. The molecular formula is C26H24ClN6O7PS. The minimum Gasteiger partial charge on any atom is -0.432 e. The second kappa shape index (κ2) is 11.1. The third-order valence-electron chi connectivity index (χ3n) is 6.66. The zero-order valence-electron chi connectivity index (χ0n) is 21.7. The molecule has 2 aromatic carbocycles. The summed E-state index contributed by atoms with van der Waals surface area (Å²) in [6, 6.07) is 13.7. The summed E-state index contributed by atoms with van der Waals surface area (Å²) in [6.45, 7) is 0.626. The summed E-state index contributed by atoms with van der Waals surface area (Å²) >= 11 is 5.93. The third kappa shape index (κ3) is 5.91. The maximum Gasteiger partial charge on any atom is 0.524 e. The molecule has 0 radical (unpaired) electrons. The highest BCUT2D eigenvalue weighted by molar-refractivity contribution is 7.89. The van der Waals surface area contributed by atoms with Crippen LogP contribution in [0.25, 0.3) is 28.5 Å². The van der Waals surface area contributed by atoms with Crippen molar-refractivity contribution in [1.82, 2.24) is 23.7 Å². The maximum absolute atomic E-state index is 13.2. The molecule has 1 atom stereocenters. The van der Waals surface area contributed by atoms with Gasteiger partial charge in [0.25, 0.3) is 0 Å². The number of nitrogens with one attached hydrogen (secondary N) is 1. The van der Waals surface area contributed by atoms with E-state index in [0.717, 1.165) is 6.42 Å². The second-order valence-electron chi connectivity index (χ2n) is 9.54. The topological polar surface area (TPSA) is 172 Å². The number of hydrogen-bond acceptors (Lipinski definition) is 9. The predicted molar refractivity (Wildman–Crippen MR) is 153 cm³/mol. The number of fused-ring (bicyclic) bond motifs is 1. The van der Waals surface area contributed by atoms with Crippen molar-refractivity contribution in [2.75, 3.05) is 18.4 Å². The number of rotatable bonds is 8. The van der Waals surface area contributed by atoms with E-state index in [1.165, 1.54) is 34.8 Å². The fraction of sp³-hybridized carbons (Fsp3) is 0.192. The Kier molecular flexibility index (Phi) is 7.51. The van der Waals surface area contributed by atoms with Gasteiger partial charge in [-0.2, -0.15) is 9.29 Å². The number of halogens is 1. The van der Waals surface area contributed by atoms with E-state index in [0.29, 0.717) is 46.6 Å². The molecule has 42 heavy (non-hydrogen) atoms. The summed E-state index contributed by atoms with van der Waals surface area (Å²) in [7, 11) is -8.47. The first-order valence-electron chi connectivity index (χ1n) is 12.7. The van der Waals surface area contributed by atoms with Crippen molar-refractivity contribution in [2.24, 2.45) is 0 Å². The number of benzene rings is 2. The molecule has 0 spiro atoms. The summed E-state index contributed by atoms with van der Waals surface area (Å²) < 4.78 is 51.2. The van der Waals surface area contributed by atoms with E-state index in [9.17, 15) is 22.8 Å². The zero-order chi connectivity index (χ0) is 29.5. The van der Waals surface area contributed by atoms with Crippen LogP contribution in [-0.4, -0.2) is 61.0 Å². The van der Waals surface area contributed by atoms with Gasteiger partial charge in [-0.25, -0.2) is 23.0 Å². The van der Waals surface area contributed by atoms with Crippen molar-refractivity contribution < 1.29 is 31.7 Å². The van der Waals surface area contributed by atoms with Crippen LogP contribution in [0.5, 0.6) is 5.75 Å². The number of phosphoric ester groups is 1. The fourth-order valence-corrected chi connectivity index (χ4v) is 6.88. The SMILES string of the molecule is O=P(O)(O)Oc1cccc(-c2nc3occn3c2-c2ccnc(N[C@@H]3CCCN(S(=O)(=O)c4ccc(Cl)cc4)C3)n2)c1. The van der Waals surface area contributed by atoms with E-state index in [4.69, 9.17) is 25.5 Å². The lowest BCUT2D eigenvalue weighted by molar-refractivity contribution is 0.283. The highest BCUT2D eigenvalue weighted by atomic mass is 35.5. The zero-order valence-corrected chi connectivity index (χ0v) is 24.2. The van der Waals surface area contributed by atoms with Gasteiger partial charge >= 0.3 is 13.7 Å². The first kappa shape index (κ1) is 28.3. The van der Waals surface area contributed by atoms with E-state index in [1.807, 2.05) is 0 Å². The van der Waals surface area contributed by atoms with Crippen LogP contribution in [0, 0.1) is 0 Å². The largest absolute Gasteiger partial charge is 0.524 e. The molecule has 1 saturated heterocycles. The molecule has 0 aliphatic carbocycles. The van der Waals surface area contributed by atoms with Crippen LogP contribution < -0.4 is 9.84 Å². The average Bonchev–Trinajstić information content (AvgIpc) is 3.55. The highest BCUT2D eigenvalue weighted by Crippen LogP contribution is 2.40. The van der Waals surface area contributed by atoms with Gasteiger partial charge in [0, 0.05) is 42.1 Å². The number of piperidine rings is 1. The smallest absolute Gasteiger partial charge is 0.432 e. The lowest BCUT2D eigenvalue weighted by Gasteiger charge is -2.32. The Labute approximate surface area is 245 Å². The van der Waals surface area contributed by atoms with Gasteiger partial charge in [0.05, 0.1) is 10.6 Å². The predicted octanol–water partition coefficient (Wildman–Crippen LogP) is 4.44. The first-order chi connectivity index (χ1) is 20.1. The van der Waals surface area contributed by atoms with E-state index < -0.39 is 17.8 Å². The molecule has 5 aromatic rings. The molecule has 3 N–H and O–H groups in total. The number of sulfonamides is 1. The molecule has 218 valence electrons. The Bertz CT molecular complexity index is 1910. The van der Waals surface area contributed by atoms with Gasteiger partial charge in [-0.15, -0.1) is 0 Å². The Morgan fingerprint density at radius 2 is 1.93 bits per heavy atom. The van der Waals surface area contributed by atoms with Gasteiger partial charge in [0.2, 0.25) is 16.0 Å². The van der Waals surface area contributed by atoms with Gasteiger partial charge < -0.3 is 14.3 Å². The van der Waals surface area contributed by atoms with Crippen LogP contribution in [0.4, 0.5) is 5.95 Å². The van der Waals surface area contributed by atoms with E-state index in [-0.39, 0.29) is 29.1 Å². The molecular weight excluding hydrogens is 607 g/mol. The molecule has 0 saturated carbocycles. The molecule has 1 aliphatic rings. The van der Waals surface area contributed by atoms with Crippen molar-refractivity contribution in [1.29, 1.82) is 0 Å². The van der Waals surface area contributed by atoms with Crippen LogP contribution in [0.2, 0.25) is 5.02 Å². The lowest BCUT2D eigenvalue weighted by Crippen LogP contribution is -2.45. The Hall–Kier alpha value is -3.78. The Morgan fingerprint density at radius 1 is 1.12 bits per heavy atom. The number of anilines is 1. The normalized spacial score (nSPS) is 16.5. The standard InChI is InChI=1S/C26H24ClN6O7PS/c27-18-6-8-21(9-7-18)42(37,38)32-12-2-4-19(16-32)29-25-28-11-10-22(30-25)24-23(31-26-33(24)13-14-39-26)17-3-1-5-20(15-17)40-41(34,35)36/h1,3,5-11,13-15,19H,2,4,12,16H2,(H,28,29,30)(H2,34,35,36)/t19-/m1/s1. The maximum atomic E-state index is 13.2. The number of phosphoric acid groups is 1. The molecule has 0 bridgehead atoms. The molecule has 6 rings (SSSR count). The molecule has 13 nitrogen and oxygen atoms in total. The molecule has 1 aliphatic heterocycles. The van der Waals surface area contributed by atoms with Crippen molar-refractivity contribution in [2.45, 2.75) is 23.8 Å². The number of nitrogens with zero attached hydrogens (tertiary/aromatic N) is 5. The van der Waals surface area contributed by atoms with Gasteiger partial charge in [0.1, 0.15) is 23.4 Å². The van der Waals surface area contributed by atoms with E-state index in [2.05, 4.69) is 15.3 Å². The minimum atomic E-state index is -4.76. The molecule has 0 amide bonds. The van der Waals surface area contributed by atoms with Crippen LogP contribution in [0.15, 0.2) is 82.6 Å². The average molecular weight is 631 g/mol. The highest BCUT2D eigenvalue weighted by Gasteiger charge is 2.31. The molecule has 1 fully saturated rings. The summed E-state index contributed by atoms with van der Waals surface area (Å²) in [4.78, 5) is 32.3. The number of imidazole rings is 1. The van der Waals surface area contributed by atoms with Crippen LogP contribution in [0.1, 0.15) is 12.8 Å². The summed E-state index contributed by atoms with van der Waals surface area (Å²) in [5.41, 5.74) is 1.98. The quantitative estimate of drug-likeness (QED) is 0.207. The second-order valence-corrected chi connectivity index (χ2v) is 13.1. The third-order valence-corrected chi connectivity index (χ3v) is 9.24. The number of oxazole rings is 1. The summed E-state index contributed by atoms with van der Waals surface area (Å²) in [5, 5.41) is 3.73. The molecule has 0 unspecified atom stereocenters. The first-order valence-corrected chi connectivity index (χ1v) is 16.1. The lowest BCUT2D eigenvalue weighted by atomic mass is 10.1. The van der Waals surface area contributed by atoms with Crippen molar-refractivity contribution in [3.63, 3.8) is 0 Å². The van der Waals surface area contributed by atoms with E-state index >= 15 is 0 Å². The van der Waals surface area contributed by atoms with E-state index in [1.54, 1.807) is 47.1 Å². The summed E-state index contributed by atoms with van der Waals surface area (Å²) in [5.74, 6) is 0.549. The van der Waals surface area contributed by atoms with Gasteiger partial charge in [-0.05, 0) is 55.3 Å². The number of aromatic nitrogens is 4. The van der Waals surface area contributed by atoms with Crippen LogP contribution in [0.3, 0.4) is 0 Å². The fourth-order valence-electron chi connectivity index (χ4n) is 4.85. The molecule has 3 aromatic heterocycles. The Balaban J connectivity index is 1.28. The van der Waals surface area contributed by atoms with Gasteiger partial charge in [0.15, 0.2) is 0 Å². The van der Waals surface area contributed by atoms with Crippen molar-refractivity contribution in [3.8, 4) is 28.4 Å².